The molecule has 0 heterocycles. The van der Waals surface area contributed by atoms with Crippen LogP contribution in [-0.4, -0.2) is 21.8 Å². The van der Waals surface area contributed by atoms with Crippen LogP contribution < -0.4 is 0 Å². The number of rotatable bonds is 15. The van der Waals surface area contributed by atoms with Crippen LogP contribution in [0.1, 0.15) is 108 Å². The molecule has 2 N–H and O–H groups in total. The Hall–Kier alpha value is -1.61. The SMILES string of the molecule is C/C(=C\CCC(C)C(=O)O)CCCC(C)(O)CCCC(C)CCc1ccc(C)c(C)c1C. The summed E-state index contributed by atoms with van der Waals surface area (Å²) < 4.78 is 0. The number of carbonyl (C=O) groups is 1. The Kier molecular flexibility index (Phi) is 12.3. The van der Waals surface area contributed by atoms with Gasteiger partial charge in [-0.25, -0.2) is 0 Å². The standard InChI is InChI=1S/C29H48O3/c1-21(11-8-14-24(4)28(30)31)12-9-19-29(7,32)20-10-13-22(2)15-17-27-18-16-23(3)25(5)26(27)6/h11,16,18,22,24,32H,8-10,12-15,17,19-20H2,1-7H3,(H,30,31)/b21-11+. The zero-order valence-corrected chi connectivity index (χ0v) is 21.8. The number of carboxylic acids is 1. The third-order valence-corrected chi connectivity index (χ3v) is 7.29. The van der Waals surface area contributed by atoms with Crippen LogP contribution in [0.15, 0.2) is 23.8 Å². The molecule has 3 unspecified atom stereocenters. The lowest BCUT2D eigenvalue weighted by atomic mass is 9.88. The van der Waals surface area contributed by atoms with Crippen molar-refractivity contribution in [1.29, 1.82) is 0 Å². The fourth-order valence-electron chi connectivity index (χ4n) is 4.34. The van der Waals surface area contributed by atoms with Crippen molar-refractivity contribution in [3.63, 3.8) is 0 Å². The summed E-state index contributed by atoms with van der Waals surface area (Å²) in [7, 11) is 0. The van der Waals surface area contributed by atoms with E-state index in [1.165, 1.54) is 40.7 Å². The summed E-state index contributed by atoms with van der Waals surface area (Å²) >= 11 is 0. The van der Waals surface area contributed by atoms with Gasteiger partial charge in [-0.3, -0.25) is 4.79 Å². The van der Waals surface area contributed by atoms with Gasteiger partial charge in [-0.15, -0.1) is 0 Å². The first-order valence-electron chi connectivity index (χ1n) is 12.6. The zero-order chi connectivity index (χ0) is 24.3. The highest BCUT2D eigenvalue weighted by molar-refractivity contribution is 5.69. The molecule has 0 fully saturated rings. The summed E-state index contributed by atoms with van der Waals surface area (Å²) in [4.78, 5) is 10.9. The smallest absolute Gasteiger partial charge is 0.306 e. The Morgan fingerprint density at radius 1 is 1.03 bits per heavy atom. The van der Waals surface area contributed by atoms with Gasteiger partial charge in [0.25, 0.3) is 0 Å². The lowest BCUT2D eigenvalue weighted by molar-refractivity contribution is -0.141. The summed E-state index contributed by atoms with van der Waals surface area (Å²) in [6.45, 7) is 14.8. The highest BCUT2D eigenvalue weighted by Gasteiger charge is 2.20. The Labute approximate surface area is 197 Å². The monoisotopic (exact) mass is 444 g/mol. The molecule has 0 aliphatic rings. The maximum atomic E-state index is 10.9. The summed E-state index contributed by atoms with van der Waals surface area (Å²) in [6, 6.07) is 4.53. The Morgan fingerprint density at radius 2 is 1.69 bits per heavy atom. The number of hydrogen-bond donors (Lipinski definition) is 2. The van der Waals surface area contributed by atoms with Gasteiger partial charge in [0.1, 0.15) is 0 Å². The van der Waals surface area contributed by atoms with Gasteiger partial charge < -0.3 is 10.2 Å². The Morgan fingerprint density at radius 3 is 2.34 bits per heavy atom. The average molecular weight is 445 g/mol. The first-order valence-corrected chi connectivity index (χ1v) is 12.6. The first kappa shape index (κ1) is 28.4. The number of carboxylic acid groups (broad SMARTS) is 1. The number of aliphatic carboxylic acids is 1. The van der Waals surface area contributed by atoms with E-state index in [9.17, 15) is 9.90 Å². The first-order chi connectivity index (χ1) is 14.9. The van der Waals surface area contributed by atoms with Crippen molar-refractivity contribution < 1.29 is 15.0 Å². The summed E-state index contributed by atoms with van der Waals surface area (Å²) in [6.07, 6.45) is 11.9. The summed E-state index contributed by atoms with van der Waals surface area (Å²) in [5, 5.41) is 19.7. The van der Waals surface area contributed by atoms with Crippen LogP contribution >= 0.6 is 0 Å². The second-order valence-corrected chi connectivity index (χ2v) is 10.5. The molecule has 3 atom stereocenters. The largest absolute Gasteiger partial charge is 0.481 e. The predicted molar refractivity (Wildman–Crippen MR) is 136 cm³/mol. The van der Waals surface area contributed by atoms with Crippen molar-refractivity contribution in [3.05, 3.63) is 46.0 Å². The minimum atomic E-state index is -0.721. The van der Waals surface area contributed by atoms with Gasteiger partial charge in [-0.1, -0.05) is 50.5 Å². The molecule has 1 rings (SSSR count). The molecule has 0 aromatic heterocycles. The fourth-order valence-corrected chi connectivity index (χ4v) is 4.34. The molecule has 1 aromatic rings. The molecule has 3 nitrogen and oxygen atoms in total. The van der Waals surface area contributed by atoms with E-state index in [4.69, 9.17) is 5.11 Å². The van der Waals surface area contributed by atoms with Crippen LogP contribution in [0.5, 0.6) is 0 Å². The molecule has 32 heavy (non-hydrogen) atoms. The quantitative estimate of drug-likeness (QED) is 0.272. The zero-order valence-electron chi connectivity index (χ0n) is 21.8. The number of allylic oxidation sites excluding steroid dienone is 2. The number of aliphatic hydroxyl groups is 1. The molecule has 0 bridgehead atoms. The van der Waals surface area contributed by atoms with Crippen molar-refractivity contribution in [3.8, 4) is 0 Å². The van der Waals surface area contributed by atoms with Gasteiger partial charge in [0.05, 0.1) is 11.5 Å². The van der Waals surface area contributed by atoms with Crippen LogP contribution in [0, 0.1) is 32.6 Å². The van der Waals surface area contributed by atoms with Crippen molar-refractivity contribution in [1.82, 2.24) is 0 Å². The van der Waals surface area contributed by atoms with Gasteiger partial charge in [-0.2, -0.15) is 0 Å². The predicted octanol–water partition coefficient (Wildman–Crippen LogP) is 7.72. The molecule has 1 aromatic carbocycles. The topological polar surface area (TPSA) is 57.5 Å². The number of aryl methyl sites for hydroxylation is 2. The van der Waals surface area contributed by atoms with Crippen molar-refractivity contribution in [2.45, 2.75) is 118 Å². The minimum absolute atomic E-state index is 0.285. The highest BCUT2D eigenvalue weighted by Crippen LogP contribution is 2.26. The van der Waals surface area contributed by atoms with E-state index in [0.29, 0.717) is 12.3 Å². The van der Waals surface area contributed by atoms with Gasteiger partial charge in [0.2, 0.25) is 0 Å². The van der Waals surface area contributed by atoms with E-state index in [2.05, 4.69) is 52.8 Å². The third kappa shape index (κ3) is 10.8. The van der Waals surface area contributed by atoms with Crippen LogP contribution in [0.3, 0.4) is 0 Å². The number of benzene rings is 1. The molecule has 0 saturated heterocycles. The van der Waals surface area contributed by atoms with Crippen LogP contribution in [-0.2, 0) is 11.2 Å². The molecule has 0 saturated carbocycles. The molecule has 182 valence electrons. The van der Waals surface area contributed by atoms with Crippen LogP contribution in [0.4, 0.5) is 0 Å². The van der Waals surface area contributed by atoms with Crippen molar-refractivity contribution in [2.75, 3.05) is 0 Å². The molecule has 0 aliphatic carbocycles. The lowest BCUT2D eigenvalue weighted by Crippen LogP contribution is -2.24. The van der Waals surface area contributed by atoms with Gasteiger partial charge in [0.15, 0.2) is 0 Å². The summed E-state index contributed by atoms with van der Waals surface area (Å²) in [5.74, 6) is -0.334. The molecule has 0 radical (unpaired) electrons. The average Bonchev–Trinajstić information content (AvgIpc) is 2.71. The lowest BCUT2D eigenvalue weighted by Gasteiger charge is -2.24. The Balaban J connectivity index is 2.27. The third-order valence-electron chi connectivity index (χ3n) is 7.29. The van der Waals surface area contributed by atoms with Crippen LogP contribution in [0.25, 0.3) is 0 Å². The molecule has 0 spiro atoms. The second-order valence-electron chi connectivity index (χ2n) is 10.5. The van der Waals surface area contributed by atoms with E-state index < -0.39 is 11.6 Å². The molecule has 0 aliphatic heterocycles. The van der Waals surface area contributed by atoms with Crippen molar-refractivity contribution >= 4 is 5.97 Å². The van der Waals surface area contributed by atoms with E-state index >= 15 is 0 Å². The van der Waals surface area contributed by atoms with Gasteiger partial charge in [-0.05, 0) is 114 Å². The summed E-state index contributed by atoms with van der Waals surface area (Å²) in [5.41, 5.74) is 6.43. The van der Waals surface area contributed by atoms with E-state index in [1.807, 2.05) is 6.92 Å². The van der Waals surface area contributed by atoms with Gasteiger partial charge in [0, 0.05) is 0 Å². The van der Waals surface area contributed by atoms with E-state index in [-0.39, 0.29) is 5.92 Å². The van der Waals surface area contributed by atoms with Gasteiger partial charge >= 0.3 is 5.97 Å². The number of hydrogen-bond acceptors (Lipinski definition) is 2. The molecule has 0 amide bonds. The Bertz CT molecular complexity index is 745. The van der Waals surface area contributed by atoms with E-state index in [1.54, 1.807) is 6.92 Å². The minimum Gasteiger partial charge on any atom is -0.481 e. The van der Waals surface area contributed by atoms with Crippen LogP contribution in [0.2, 0.25) is 0 Å². The molecular formula is C29H48O3. The van der Waals surface area contributed by atoms with Crippen molar-refractivity contribution in [2.24, 2.45) is 11.8 Å². The normalized spacial score (nSPS) is 15.9. The maximum Gasteiger partial charge on any atom is 0.306 e. The van der Waals surface area contributed by atoms with E-state index in [0.717, 1.165) is 44.9 Å². The maximum absolute atomic E-state index is 10.9. The second kappa shape index (κ2) is 13.8. The molecule has 3 heteroatoms. The molecular weight excluding hydrogens is 396 g/mol. The highest BCUT2D eigenvalue weighted by atomic mass is 16.4. The fraction of sp³-hybridized carbons (Fsp3) is 0.690.